The number of thioether (sulfide) groups is 1. The molecule has 21 heavy (non-hydrogen) atoms. The fourth-order valence-electron chi connectivity index (χ4n) is 2.58. The summed E-state index contributed by atoms with van der Waals surface area (Å²) in [6, 6.07) is 12.4. The van der Waals surface area contributed by atoms with Gasteiger partial charge in [0, 0.05) is 18.2 Å². The van der Waals surface area contributed by atoms with Crippen LogP contribution in [0, 0.1) is 0 Å². The molecule has 110 valence electrons. The number of nitrogens with zero attached hydrogens (tertiary/aromatic N) is 2. The van der Waals surface area contributed by atoms with Gasteiger partial charge >= 0.3 is 0 Å². The molecule has 0 amide bonds. The van der Waals surface area contributed by atoms with Crippen molar-refractivity contribution in [1.29, 1.82) is 0 Å². The molecule has 1 aliphatic rings. The Bertz CT molecular complexity index is 580. The molecule has 1 N–H and O–H groups in total. The molecule has 1 atom stereocenters. The lowest BCUT2D eigenvalue weighted by Crippen LogP contribution is -2.10. The van der Waals surface area contributed by atoms with Crippen LogP contribution in [0.25, 0.3) is 11.3 Å². The molecule has 1 aromatic carbocycles. The van der Waals surface area contributed by atoms with E-state index in [4.69, 9.17) is 9.97 Å². The molecule has 1 fully saturated rings. The lowest BCUT2D eigenvalue weighted by molar-refractivity contribution is 0.663. The highest BCUT2D eigenvalue weighted by atomic mass is 32.2. The Morgan fingerprint density at radius 3 is 2.76 bits per heavy atom. The van der Waals surface area contributed by atoms with Crippen molar-refractivity contribution in [3.05, 3.63) is 42.2 Å². The van der Waals surface area contributed by atoms with Gasteiger partial charge in [-0.1, -0.05) is 36.8 Å². The van der Waals surface area contributed by atoms with Gasteiger partial charge in [-0.05, 0) is 25.5 Å². The van der Waals surface area contributed by atoms with Crippen LogP contribution in [0.1, 0.15) is 37.3 Å². The highest BCUT2D eigenvalue weighted by molar-refractivity contribution is 7.99. The summed E-state index contributed by atoms with van der Waals surface area (Å²) in [5.41, 5.74) is 2.17. The van der Waals surface area contributed by atoms with E-state index < -0.39 is 0 Å². The quantitative estimate of drug-likeness (QED) is 0.900. The number of rotatable bonds is 4. The summed E-state index contributed by atoms with van der Waals surface area (Å²) < 4.78 is 0. The van der Waals surface area contributed by atoms with Crippen LogP contribution in [0.3, 0.4) is 0 Å². The summed E-state index contributed by atoms with van der Waals surface area (Å²) in [6.07, 6.45) is 3.79. The highest BCUT2D eigenvalue weighted by Crippen LogP contribution is 2.37. The first-order chi connectivity index (χ1) is 10.4. The zero-order valence-electron chi connectivity index (χ0n) is 12.4. The van der Waals surface area contributed by atoms with Crippen LogP contribution in [0.15, 0.2) is 36.4 Å². The number of hydrogen-bond donors (Lipinski definition) is 1. The Hall–Kier alpha value is -1.55. The standard InChI is InChI=1S/C17H21N3S/c1-2-18-16-12-14(13-8-4-3-5-9-13)19-17(20-16)15-10-6-7-11-21-15/h3-5,8-9,12,15H,2,6-7,10-11H2,1H3,(H,18,19,20). The van der Waals surface area contributed by atoms with Crippen molar-refractivity contribution < 1.29 is 0 Å². The second-order valence-electron chi connectivity index (χ2n) is 5.25. The maximum atomic E-state index is 4.84. The minimum atomic E-state index is 0.444. The second kappa shape index (κ2) is 6.94. The van der Waals surface area contributed by atoms with E-state index in [2.05, 4.69) is 42.6 Å². The highest BCUT2D eigenvalue weighted by Gasteiger charge is 2.20. The van der Waals surface area contributed by atoms with Crippen LogP contribution in [0.2, 0.25) is 0 Å². The average Bonchev–Trinajstić information content (AvgIpc) is 2.56. The minimum Gasteiger partial charge on any atom is -0.370 e. The van der Waals surface area contributed by atoms with Gasteiger partial charge < -0.3 is 5.32 Å². The maximum Gasteiger partial charge on any atom is 0.144 e. The summed E-state index contributed by atoms with van der Waals surface area (Å²) in [6.45, 7) is 2.97. The number of benzene rings is 1. The van der Waals surface area contributed by atoms with E-state index in [1.165, 1.54) is 25.0 Å². The van der Waals surface area contributed by atoms with Gasteiger partial charge in [-0.15, -0.1) is 0 Å². The van der Waals surface area contributed by atoms with Crippen molar-refractivity contribution in [3.8, 4) is 11.3 Å². The van der Waals surface area contributed by atoms with Gasteiger partial charge in [0.1, 0.15) is 11.6 Å². The van der Waals surface area contributed by atoms with Gasteiger partial charge in [0.25, 0.3) is 0 Å². The summed E-state index contributed by atoms with van der Waals surface area (Å²) in [5, 5.41) is 3.78. The van der Waals surface area contributed by atoms with Gasteiger partial charge in [-0.3, -0.25) is 0 Å². The van der Waals surface area contributed by atoms with Crippen LogP contribution < -0.4 is 5.32 Å². The fourth-order valence-corrected chi connectivity index (χ4v) is 3.83. The lowest BCUT2D eigenvalue weighted by Gasteiger charge is -2.21. The Labute approximate surface area is 130 Å². The van der Waals surface area contributed by atoms with Crippen LogP contribution in [0.5, 0.6) is 0 Å². The molecule has 1 saturated heterocycles. The molecule has 0 bridgehead atoms. The molecule has 3 nitrogen and oxygen atoms in total. The smallest absolute Gasteiger partial charge is 0.144 e. The molecule has 1 unspecified atom stereocenters. The molecule has 0 aliphatic carbocycles. The Morgan fingerprint density at radius 2 is 2.05 bits per heavy atom. The van der Waals surface area contributed by atoms with E-state index in [0.717, 1.165) is 29.4 Å². The molecule has 2 heterocycles. The molecule has 0 spiro atoms. The van der Waals surface area contributed by atoms with Crippen LogP contribution in [-0.2, 0) is 0 Å². The van der Waals surface area contributed by atoms with Gasteiger partial charge in [-0.2, -0.15) is 11.8 Å². The van der Waals surface area contributed by atoms with E-state index in [1.54, 1.807) is 0 Å². The second-order valence-corrected chi connectivity index (χ2v) is 6.56. The summed E-state index contributed by atoms with van der Waals surface area (Å²) >= 11 is 1.99. The normalized spacial score (nSPS) is 18.4. The van der Waals surface area contributed by atoms with E-state index in [-0.39, 0.29) is 0 Å². The summed E-state index contributed by atoms with van der Waals surface area (Å²) in [5.74, 6) is 3.14. The number of aromatic nitrogens is 2. The zero-order chi connectivity index (χ0) is 14.5. The first-order valence-corrected chi connectivity index (χ1v) is 8.71. The van der Waals surface area contributed by atoms with Crippen LogP contribution in [0.4, 0.5) is 5.82 Å². The Morgan fingerprint density at radius 1 is 1.19 bits per heavy atom. The monoisotopic (exact) mass is 299 g/mol. The Balaban J connectivity index is 1.97. The molecule has 3 rings (SSSR count). The number of hydrogen-bond acceptors (Lipinski definition) is 4. The Kier molecular flexibility index (Phi) is 4.76. The number of nitrogens with one attached hydrogen (secondary N) is 1. The predicted octanol–water partition coefficient (Wildman–Crippen LogP) is 4.53. The van der Waals surface area contributed by atoms with Crippen molar-refractivity contribution in [2.24, 2.45) is 0 Å². The van der Waals surface area contributed by atoms with Crippen molar-refractivity contribution in [3.63, 3.8) is 0 Å². The van der Waals surface area contributed by atoms with Crippen molar-refractivity contribution >= 4 is 17.6 Å². The first-order valence-electron chi connectivity index (χ1n) is 7.66. The van der Waals surface area contributed by atoms with E-state index in [1.807, 2.05) is 17.8 Å². The molecular weight excluding hydrogens is 278 g/mol. The molecule has 0 saturated carbocycles. The molecule has 4 heteroatoms. The zero-order valence-corrected chi connectivity index (χ0v) is 13.2. The van der Waals surface area contributed by atoms with Gasteiger partial charge in [0.05, 0.1) is 10.9 Å². The molecule has 1 aromatic heterocycles. The largest absolute Gasteiger partial charge is 0.370 e. The van der Waals surface area contributed by atoms with Crippen molar-refractivity contribution in [2.75, 3.05) is 17.6 Å². The average molecular weight is 299 g/mol. The molecule has 2 aromatic rings. The third-order valence-corrected chi connectivity index (χ3v) is 5.01. The third-order valence-electron chi connectivity index (χ3n) is 3.64. The topological polar surface area (TPSA) is 37.8 Å². The molecule has 1 aliphatic heterocycles. The van der Waals surface area contributed by atoms with Crippen molar-refractivity contribution in [2.45, 2.75) is 31.4 Å². The first kappa shape index (κ1) is 14.4. The van der Waals surface area contributed by atoms with Crippen LogP contribution >= 0.6 is 11.8 Å². The summed E-state index contributed by atoms with van der Waals surface area (Å²) in [4.78, 5) is 9.57. The van der Waals surface area contributed by atoms with Crippen molar-refractivity contribution in [1.82, 2.24) is 9.97 Å². The SMILES string of the molecule is CCNc1cc(-c2ccccc2)nc(C2CCCCS2)n1. The van der Waals surface area contributed by atoms with E-state index >= 15 is 0 Å². The van der Waals surface area contributed by atoms with Gasteiger partial charge in [-0.25, -0.2) is 9.97 Å². The fraction of sp³-hybridized carbons (Fsp3) is 0.412. The third kappa shape index (κ3) is 3.56. The molecular formula is C17H21N3S. The van der Waals surface area contributed by atoms with Crippen LogP contribution in [-0.4, -0.2) is 22.3 Å². The van der Waals surface area contributed by atoms with Gasteiger partial charge in [0.2, 0.25) is 0 Å². The van der Waals surface area contributed by atoms with Gasteiger partial charge in [0.15, 0.2) is 0 Å². The lowest BCUT2D eigenvalue weighted by atomic mass is 10.1. The number of anilines is 1. The molecule has 0 radical (unpaired) electrons. The maximum absolute atomic E-state index is 4.84. The predicted molar refractivity (Wildman–Crippen MR) is 90.7 cm³/mol. The van der Waals surface area contributed by atoms with E-state index in [9.17, 15) is 0 Å². The minimum absolute atomic E-state index is 0.444. The summed E-state index contributed by atoms with van der Waals surface area (Å²) in [7, 11) is 0. The van der Waals surface area contributed by atoms with E-state index in [0.29, 0.717) is 5.25 Å².